The molecule has 0 saturated heterocycles. The van der Waals surface area contributed by atoms with Crippen molar-refractivity contribution in [2.75, 3.05) is 6.54 Å². The summed E-state index contributed by atoms with van der Waals surface area (Å²) in [4.78, 5) is 21.4. The molecule has 0 radical (unpaired) electrons. The molecule has 0 aliphatic rings. The van der Waals surface area contributed by atoms with E-state index in [1.807, 2.05) is 0 Å². The summed E-state index contributed by atoms with van der Waals surface area (Å²) in [6.45, 7) is 0.0689. The Morgan fingerprint density at radius 3 is 2.72 bits per heavy atom. The smallest absolute Gasteiger partial charge is 0.273 e. The van der Waals surface area contributed by atoms with E-state index in [0.29, 0.717) is 5.56 Å². The summed E-state index contributed by atoms with van der Waals surface area (Å²) >= 11 is 0. The first-order chi connectivity index (χ1) is 8.60. The van der Waals surface area contributed by atoms with Gasteiger partial charge in [0.15, 0.2) is 0 Å². The average molecular weight is 254 g/mol. The average Bonchev–Trinajstić information content (AvgIpc) is 2.39. The molecule has 0 aliphatic carbocycles. The van der Waals surface area contributed by atoms with Crippen molar-refractivity contribution in [3.05, 3.63) is 39.9 Å². The van der Waals surface area contributed by atoms with Crippen LogP contribution in [0.2, 0.25) is 0 Å². The van der Waals surface area contributed by atoms with Gasteiger partial charge in [0.2, 0.25) is 0 Å². The SMILES string of the molecule is NCC(NCc1ccccc1[N+](=O)[O-])C(=O)NO. The van der Waals surface area contributed by atoms with E-state index in [4.69, 9.17) is 10.9 Å². The van der Waals surface area contributed by atoms with E-state index in [2.05, 4.69) is 5.32 Å². The van der Waals surface area contributed by atoms with Gasteiger partial charge >= 0.3 is 0 Å². The molecular weight excluding hydrogens is 240 g/mol. The molecule has 8 heteroatoms. The fourth-order valence-electron chi connectivity index (χ4n) is 1.43. The minimum atomic E-state index is -0.810. The highest BCUT2D eigenvalue weighted by Gasteiger charge is 2.18. The van der Waals surface area contributed by atoms with Gasteiger partial charge < -0.3 is 11.1 Å². The number of nitrogens with zero attached hydrogens (tertiary/aromatic N) is 1. The second-order valence-electron chi connectivity index (χ2n) is 3.53. The first-order valence-corrected chi connectivity index (χ1v) is 5.19. The molecular formula is C10H14N4O4. The van der Waals surface area contributed by atoms with Crippen molar-refractivity contribution in [2.45, 2.75) is 12.6 Å². The molecule has 8 nitrogen and oxygen atoms in total. The monoisotopic (exact) mass is 254 g/mol. The highest BCUT2D eigenvalue weighted by Crippen LogP contribution is 2.17. The van der Waals surface area contributed by atoms with Gasteiger partial charge in [-0.05, 0) is 0 Å². The highest BCUT2D eigenvalue weighted by molar-refractivity contribution is 5.80. The fraction of sp³-hybridized carbons (Fsp3) is 0.300. The molecule has 1 atom stereocenters. The quantitative estimate of drug-likeness (QED) is 0.308. The van der Waals surface area contributed by atoms with Gasteiger partial charge in [0.05, 0.1) is 4.92 Å². The maximum absolute atomic E-state index is 11.1. The third-order valence-corrected chi connectivity index (χ3v) is 2.39. The zero-order valence-corrected chi connectivity index (χ0v) is 9.50. The molecule has 0 saturated carbocycles. The second kappa shape index (κ2) is 6.64. The Morgan fingerprint density at radius 2 is 2.17 bits per heavy atom. The Hall–Kier alpha value is -2.03. The van der Waals surface area contributed by atoms with E-state index >= 15 is 0 Å². The van der Waals surface area contributed by atoms with Gasteiger partial charge in [-0.2, -0.15) is 0 Å². The van der Waals surface area contributed by atoms with Crippen LogP contribution in [-0.4, -0.2) is 28.6 Å². The van der Waals surface area contributed by atoms with Crippen LogP contribution in [0.3, 0.4) is 0 Å². The van der Waals surface area contributed by atoms with E-state index in [-0.39, 0.29) is 18.8 Å². The number of hydroxylamine groups is 1. The topological polar surface area (TPSA) is 131 Å². The number of nitrogens with one attached hydrogen (secondary N) is 2. The lowest BCUT2D eigenvalue weighted by Gasteiger charge is -2.14. The molecule has 1 unspecified atom stereocenters. The van der Waals surface area contributed by atoms with E-state index in [1.165, 1.54) is 11.5 Å². The summed E-state index contributed by atoms with van der Waals surface area (Å²) in [5.74, 6) is -0.684. The summed E-state index contributed by atoms with van der Waals surface area (Å²) in [6.07, 6.45) is 0. The molecule has 0 aliphatic heterocycles. The molecule has 0 aromatic heterocycles. The Kier molecular flexibility index (Phi) is 5.18. The molecule has 1 aromatic rings. The van der Waals surface area contributed by atoms with Crippen LogP contribution in [0.25, 0.3) is 0 Å². The number of hydrogen-bond donors (Lipinski definition) is 4. The predicted molar refractivity (Wildman–Crippen MR) is 62.7 cm³/mol. The lowest BCUT2D eigenvalue weighted by Crippen LogP contribution is -2.47. The molecule has 0 heterocycles. The standard InChI is InChI=1S/C10H14N4O4/c11-5-8(10(15)13-16)12-6-7-3-1-2-4-9(7)14(17)18/h1-4,8,12,16H,5-6,11H2,(H,13,15). The third kappa shape index (κ3) is 3.48. The van der Waals surface area contributed by atoms with Gasteiger partial charge in [0, 0.05) is 24.7 Å². The summed E-state index contributed by atoms with van der Waals surface area (Å²) in [6, 6.07) is 5.36. The van der Waals surface area contributed by atoms with Gasteiger partial charge in [-0.3, -0.25) is 20.1 Å². The Morgan fingerprint density at radius 1 is 1.50 bits per heavy atom. The van der Waals surface area contributed by atoms with Gasteiger partial charge in [0.25, 0.3) is 11.6 Å². The minimum absolute atomic E-state index is 0.0347. The number of nitro benzene ring substituents is 1. The van der Waals surface area contributed by atoms with Crippen molar-refractivity contribution in [3.8, 4) is 0 Å². The molecule has 0 bridgehead atoms. The largest absolute Gasteiger partial charge is 0.328 e. The van der Waals surface area contributed by atoms with Crippen LogP contribution < -0.4 is 16.5 Å². The second-order valence-corrected chi connectivity index (χ2v) is 3.53. The lowest BCUT2D eigenvalue weighted by atomic mass is 10.1. The lowest BCUT2D eigenvalue weighted by molar-refractivity contribution is -0.385. The molecule has 1 amide bonds. The molecule has 18 heavy (non-hydrogen) atoms. The number of carbonyl (C=O) groups excluding carboxylic acids is 1. The summed E-state index contributed by atoms with van der Waals surface area (Å²) in [5, 5.41) is 22.0. The van der Waals surface area contributed by atoms with Gasteiger partial charge in [0.1, 0.15) is 6.04 Å². The van der Waals surface area contributed by atoms with Gasteiger partial charge in [-0.25, -0.2) is 5.48 Å². The summed E-state index contributed by atoms with van der Waals surface area (Å²) < 4.78 is 0. The Balaban J connectivity index is 2.73. The first-order valence-electron chi connectivity index (χ1n) is 5.19. The zero-order chi connectivity index (χ0) is 13.5. The number of rotatable bonds is 6. The van der Waals surface area contributed by atoms with Crippen molar-refractivity contribution < 1.29 is 14.9 Å². The number of amides is 1. The molecule has 98 valence electrons. The van der Waals surface area contributed by atoms with Crippen molar-refractivity contribution in [2.24, 2.45) is 5.73 Å². The normalized spacial score (nSPS) is 11.9. The van der Waals surface area contributed by atoms with Crippen LogP contribution in [-0.2, 0) is 11.3 Å². The summed E-state index contributed by atoms with van der Waals surface area (Å²) in [7, 11) is 0. The molecule has 1 rings (SSSR count). The minimum Gasteiger partial charge on any atom is -0.328 e. The van der Waals surface area contributed by atoms with Crippen LogP contribution in [0.4, 0.5) is 5.69 Å². The van der Waals surface area contributed by atoms with E-state index in [9.17, 15) is 14.9 Å². The molecule has 0 fully saturated rings. The van der Waals surface area contributed by atoms with Crippen LogP contribution in [0, 0.1) is 10.1 Å². The Labute approximate surface area is 103 Å². The van der Waals surface area contributed by atoms with Crippen LogP contribution >= 0.6 is 0 Å². The van der Waals surface area contributed by atoms with Gasteiger partial charge in [-0.1, -0.05) is 18.2 Å². The van der Waals surface area contributed by atoms with Crippen molar-refractivity contribution in [1.29, 1.82) is 0 Å². The highest BCUT2D eigenvalue weighted by atomic mass is 16.6. The van der Waals surface area contributed by atoms with Gasteiger partial charge in [-0.15, -0.1) is 0 Å². The number of hydrogen-bond acceptors (Lipinski definition) is 6. The van der Waals surface area contributed by atoms with E-state index in [1.54, 1.807) is 18.2 Å². The third-order valence-electron chi connectivity index (χ3n) is 2.39. The van der Waals surface area contributed by atoms with E-state index in [0.717, 1.165) is 0 Å². The number of para-hydroxylation sites is 1. The van der Waals surface area contributed by atoms with Crippen LogP contribution in [0.5, 0.6) is 0 Å². The first kappa shape index (κ1) is 14.0. The van der Waals surface area contributed by atoms with Crippen LogP contribution in [0.15, 0.2) is 24.3 Å². The number of nitro groups is 1. The van der Waals surface area contributed by atoms with Crippen LogP contribution in [0.1, 0.15) is 5.56 Å². The maximum Gasteiger partial charge on any atom is 0.273 e. The molecule has 0 spiro atoms. The van der Waals surface area contributed by atoms with Crippen molar-refractivity contribution in [1.82, 2.24) is 10.8 Å². The van der Waals surface area contributed by atoms with Crippen molar-refractivity contribution >= 4 is 11.6 Å². The predicted octanol–water partition coefficient (Wildman–Crippen LogP) is -0.483. The Bertz CT molecular complexity index is 438. The number of benzene rings is 1. The van der Waals surface area contributed by atoms with E-state index < -0.39 is 16.9 Å². The fourth-order valence-corrected chi connectivity index (χ4v) is 1.43. The number of carbonyl (C=O) groups is 1. The molecule has 1 aromatic carbocycles. The summed E-state index contributed by atoms with van der Waals surface area (Å²) in [5.41, 5.74) is 7.22. The zero-order valence-electron chi connectivity index (χ0n) is 9.50. The maximum atomic E-state index is 11.1. The van der Waals surface area contributed by atoms with Crippen molar-refractivity contribution in [3.63, 3.8) is 0 Å². The molecule has 5 N–H and O–H groups in total. The number of nitrogens with two attached hydrogens (primary N) is 1.